The van der Waals surface area contributed by atoms with Crippen LogP contribution in [0.15, 0.2) is 23.1 Å². The highest BCUT2D eigenvalue weighted by atomic mass is 32.2. The number of hydrogen-bond acceptors (Lipinski definition) is 4. The Morgan fingerprint density at radius 1 is 1.21 bits per heavy atom. The molecule has 0 saturated carbocycles. The summed E-state index contributed by atoms with van der Waals surface area (Å²) in [7, 11) is -3.42. The number of nitrogen functional groups attached to an aromatic ring is 1. The Morgan fingerprint density at radius 2 is 1.84 bits per heavy atom. The van der Waals surface area contributed by atoms with E-state index in [-0.39, 0.29) is 0 Å². The Hall–Kier alpha value is -1.11. The van der Waals surface area contributed by atoms with Gasteiger partial charge in [-0.05, 0) is 31.2 Å². The van der Waals surface area contributed by atoms with E-state index in [4.69, 9.17) is 5.73 Å². The van der Waals surface area contributed by atoms with Crippen molar-refractivity contribution in [2.45, 2.75) is 18.7 Å². The van der Waals surface area contributed by atoms with Crippen LogP contribution < -0.4 is 5.73 Å². The van der Waals surface area contributed by atoms with Gasteiger partial charge in [-0.3, -0.25) is 0 Å². The van der Waals surface area contributed by atoms with Gasteiger partial charge < -0.3 is 10.6 Å². The van der Waals surface area contributed by atoms with Crippen molar-refractivity contribution in [2.24, 2.45) is 0 Å². The SMILES string of the molecule is CCN1CCN(S(=O)(=O)c2cc(N)ccc2C)CC1. The van der Waals surface area contributed by atoms with Crippen molar-refractivity contribution >= 4 is 15.7 Å². The topological polar surface area (TPSA) is 66.6 Å². The maximum absolute atomic E-state index is 12.6. The number of benzene rings is 1. The number of anilines is 1. The summed E-state index contributed by atoms with van der Waals surface area (Å²) in [5.74, 6) is 0. The molecule has 106 valence electrons. The largest absolute Gasteiger partial charge is 0.399 e. The average molecular weight is 283 g/mol. The Labute approximate surface area is 115 Å². The van der Waals surface area contributed by atoms with Crippen LogP contribution >= 0.6 is 0 Å². The third-order valence-corrected chi connectivity index (χ3v) is 5.65. The molecule has 0 bridgehead atoms. The molecule has 1 fully saturated rings. The van der Waals surface area contributed by atoms with Crippen LogP contribution in [0.2, 0.25) is 0 Å². The zero-order chi connectivity index (χ0) is 14.0. The fourth-order valence-electron chi connectivity index (χ4n) is 2.32. The van der Waals surface area contributed by atoms with E-state index in [1.54, 1.807) is 29.4 Å². The molecule has 2 rings (SSSR count). The highest BCUT2D eigenvalue weighted by molar-refractivity contribution is 7.89. The summed E-state index contributed by atoms with van der Waals surface area (Å²) in [5, 5.41) is 0. The number of nitrogens with zero attached hydrogens (tertiary/aromatic N) is 2. The average Bonchev–Trinajstić information content (AvgIpc) is 2.41. The molecule has 1 heterocycles. The van der Waals surface area contributed by atoms with Crippen LogP contribution in [0.3, 0.4) is 0 Å². The van der Waals surface area contributed by atoms with Gasteiger partial charge >= 0.3 is 0 Å². The van der Waals surface area contributed by atoms with Gasteiger partial charge in [-0.25, -0.2) is 8.42 Å². The number of rotatable bonds is 3. The van der Waals surface area contributed by atoms with E-state index < -0.39 is 10.0 Å². The normalized spacial score (nSPS) is 18.6. The Morgan fingerprint density at radius 3 is 2.42 bits per heavy atom. The quantitative estimate of drug-likeness (QED) is 0.837. The van der Waals surface area contributed by atoms with Crippen molar-refractivity contribution < 1.29 is 8.42 Å². The molecule has 1 aliphatic rings. The van der Waals surface area contributed by atoms with E-state index in [0.29, 0.717) is 23.7 Å². The zero-order valence-electron chi connectivity index (χ0n) is 11.5. The van der Waals surface area contributed by atoms with Crippen molar-refractivity contribution in [3.8, 4) is 0 Å². The Kier molecular flexibility index (Phi) is 4.13. The summed E-state index contributed by atoms with van der Waals surface area (Å²) < 4.78 is 26.8. The van der Waals surface area contributed by atoms with Crippen LogP contribution in [0.1, 0.15) is 12.5 Å². The lowest BCUT2D eigenvalue weighted by atomic mass is 10.2. The monoisotopic (exact) mass is 283 g/mol. The molecule has 0 aliphatic carbocycles. The van der Waals surface area contributed by atoms with E-state index in [1.165, 1.54) is 0 Å². The van der Waals surface area contributed by atoms with Gasteiger partial charge in [0.2, 0.25) is 10.0 Å². The second-order valence-corrected chi connectivity index (χ2v) is 6.77. The number of nitrogens with two attached hydrogens (primary N) is 1. The van der Waals surface area contributed by atoms with Crippen molar-refractivity contribution in [1.82, 2.24) is 9.21 Å². The van der Waals surface area contributed by atoms with Gasteiger partial charge in [-0.1, -0.05) is 13.0 Å². The van der Waals surface area contributed by atoms with Crippen molar-refractivity contribution in [3.63, 3.8) is 0 Å². The first-order valence-corrected chi connectivity index (χ1v) is 7.98. The molecular weight excluding hydrogens is 262 g/mol. The summed E-state index contributed by atoms with van der Waals surface area (Å²) in [5.41, 5.74) is 6.93. The molecule has 1 aromatic carbocycles. The first-order chi connectivity index (χ1) is 8.95. The molecular formula is C13H21N3O2S. The molecule has 0 amide bonds. The van der Waals surface area contributed by atoms with Crippen molar-refractivity contribution in [2.75, 3.05) is 38.5 Å². The number of aryl methyl sites for hydroxylation is 1. The van der Waals surface area contributed by atoms with E-state index in [9.17, 15) is 8.42 Å². The summed E-state index contributed by atoms with van der Waals surface area (Å²) >= 11 is 0. The predicted molar refractivity (Wildman–Crippen MR) is 76.5 cm³/mol. The third kappa shape index (κ3) is 2.91. The van der Waals surface area contributed by atoms with Crippen LogP contribution in [-0.4, -0.2) is 50.3 Å². The molecule has 5 nitrogen and oxygen atoms in total. The molecule has 0 aromatic heterocycles. The van der Waals surface area contributed by atoms with Gasteiger partial charge in [0, 0.05) is 31.9 Å². The van der Waals surface area contributed by atoms with Gasteiger partial charge in [0.1, 0.15) is 0 Å². The van der Waals surface area contributed by atoms with Gasteiger partial charge in [0.25, 0.3) is 0 Å². The molecule has 1 saturated heterocycles. The molecule has 1 aromatic rings. The second kappa shape index (κ2) is 5.48. The van der Waals surface area contributed by atoms with E-state index in [2.05, 4.69) is 11.8 Å². The first-order valence-electron chi connectivity index (χ1n) is 6.53. The van der Waals surface area contributed by atoms with Gasteiger partial charge in [0.05, 0.1) is 4.90 Å². The van der Waals surface area contributed by atoms with Crippen molar-refractivity contribution in [1.29, 1.82) is 0 Å². The molecule has 0 spiro atoms. The number of sulfonamides is 1. The van der Waals surface area contributed by atoms with E-state index in [1.807, 2.05) is 0 Å². The highest BCUT2D eigenvalue weighted by Crippen LogP contribution is 2.23. The van der Waals surface area contributed by atoms with Crippen LogP contribution in [0.5, 0.6) is 0 Å². The molecule has 2 N–H and O–H groups in total. The summed E-state index contributed by atoms with van der Waals surface area (Å²) in [4.78, 5) is 2.58. The third-order valence-electron chi connectivity index (χ3n) is 3.61. The van der Waals surface area contributed by atoms with Crippen LogP contribution in [0.4, 0.5) is 5.69 Å². The Bertz CT molecular complexity index is 549. The molecule has 0 radical (unpaired) electrons. The van der Waals surface area contributed by atoms with Gasteiger partial charge in [0.15, 0.2) is 0 Å². The lowest BCUT2D eigenvalue weighted by molar-refractivity contribution is 0.196. The fourth-order valence-corrected chi connectivity index (χ4v) is 4.00. The molecule has 6 heteroatoms. The van der Waals surface area contributed by atoms with E-state index in [0.717, 1.165) is 25.2 Å². The smallest absolute Gasteiger partial charge is 0.243 e. The second-order valence-electron chi connectivity index (χ2n) is 4.86. The lowest BCUT2D eigenvalue weighted by Gasteiger charge is -2.33. The minimum atomic E-state index is -3.42. The number of likely N-dealkylation sites (N-methyl/N-ethyl adjacent to an activating group) is 1. The number of piperazine rings is 1. The van der Waals surface area contributed by atoms with Gasteiger partial charge in [-0.2, -0.15) is 4.31 Å². The van der Waals surface area contributed by atoms with E-state index >= 15 is 0 Å². The number of hydrogen-bond donors (Lipinski definition) is 1. The van der Waals surface area contributed by atoms with Crippen molar-refractivity contribution in [3.05, 3.63) is 23.8 Å². The molecule has 0 unspecified atom stereocenters. The minimum Gasteiger partial charge on any atom is -0.399 e. The van der Waals surface area contributed by atoms with Crippen LogP contribution in [0.25, 0.3) is 0 Å². The summed E-state index contributed by atoms with van der Waals surface area (Å²) in [6.45, 7) is 7.52. The van der Waals surface area contributed by atoms with Crippen LogP contribution in [0, 0.1) is 6.92 Å². The maximum atomic E-state index is 12.6. The summed E-state index contributed by atoms with van der Waals surface area (Å²) in [6, 6.07) is 5.03. The van der Waals surface area contributed by atoms with Gasteiger partial charge in [-0.15, -0.1) is 0 Å². The summed E-state index contributed by atoms with van der Waals surface area (Å²) in [6.07, 6.45) is 0. The Balaban J connectivity index is 2.26. The fraction of sp³-hybridized carbons (Fsp3) is 0.538. The molecule has 0 atom stereocenters. The minimum absolute atomic E-state index is 0.331. The predicted octanol–water partition coefficient (Wildman–Crippen LogP) is 0.903. The lowest BCUT2D eigenvalue weighted by Crippen LogP contribution is -2.48. The maximum Gasteiger partial charge on any atom is 0.243 e. The molecule has 19 heavy (non-hydrogen) atoms. The standard InChI is InChI=1S/C13H21N3O2S/c1-3-15-6-8-16(9-7-15)19(17,18)13-10-12(14)5-4-11(13)2/h4-5,10H,3,6-9,14H2,1-2H3. The van der Waals surface area contributed by atoms with Crippen LogP contribution in [-0.2, 0) is 10.0 Å². The highest BCUT2D eigenvalue weighted by Gasteiger charge is 2.29. The first kappa shape index (κ1) is 14.3. The molecule has 1 aliphatic heterocycles. The zero-order valence-corrected chi connectivity index (χ0v) is 12.3.